The summed E-state index contributed by atoms with van der Waals surface area (Å²) in [4.78, 5) is 0. The minimum absolute atomic E-state index is 0.110. The van der Waals surface area contributed by atoms with Gasteiger partial charge in [-0.05, 0) is 39.0 Å². The van der Waals surface area contributed by atoms with E-state index < -0.39 is 0 Å². The second-order valence-corrected chi connectivity index (χ2v) is 5.84. The lowest BCUT2D eigenvalue weighted by Crippen LogP contribution is -2.31. The van der Waals surface area contributed by atoms with Gasteiger partial charge in [-0.1, -0.05) is 13.3 Å². The topological polar surface area (TPSA) is 50.1 Å². The fraction of sp³-hybridized carbons (Fsp3) is 0.800. The van der Waals surface area contributed by atoms with E-state index >= 15 is 0 Å². The maximum absolute atomic E-state index is 9.90. The first-order chi connectivity index (χ1) is 9.04. The van der Waals surface area contributed by atoms with Crippen molar-refractivity contribution in [2.45, 2.75) is 58.6 Å². The number of nitrogens with one attached hydrogen (secondary N) is 1. The number of hydrogen-bond acceptors (Lipinski definition) is 3. The summed E-state index contributed by atoms with van der Waals surface area (Å²) >= 11 is 0. The van der Waals surface area contributed by atoms with Gasteiger partial charge in [0.15, 0.2) is 0 Å². The van der Waals surface area contributed by atoms with Crippen LogP contribution in [0.4, 0.5) is 0 Å². The molecular formula is C15H27N3O. The molecule has 0 aliphatic heterocycles. The van der Waals surface area contributed by atoms with Crippen molar-refractivity contribution in [3.63, 3.8) is 0 Å². The predicted octanol–water partition coefficient (Wildman–Crippen LogP) is 2.24. The van der Waals surface area contributed by atoms with E-state index in [1.54, 1.807) is 0 Å². The van der Waals surface area contributed by atoms with Gasteiger partial charge in [-0.2, -0.15) is 5.10 Å². The number of rotatable bonds is 5. The quantitative estimate of drug-likeness (QED) is 0.858. The highest BCUT2D eigenvalue weighted by molar-refractivity contribution is 5.28. The van der Waals surface area contributed by atoms with E-state index in [4.69, 9.17) is 0 Å². The Morgan fingerprint density at radius 3 is 2.63 bits per heavy atom. The van der Waals surface area contributed by atoms with Crippen LogP contribution in [0.5, 0.6) is 0 Å². The average molecular weight is 265 g/mol. The molecule has 1 aromatic heterocycles. The predicted molar refractivity (Wildman–Crippen MR) is 77.1 cm³/mol. The molecule has 3 atom stereocenters. The standard InChI is InChI=1S/C15H27N3O/c1-5-13(15-10(2)17-18(4)11(15)3)16-9-12-7-6-8-14(12)19/h12-14,16,19H,5-9H2,1-4H3. The van der Waals surface area contributed by atoms with Crippen LogP contribution in [0.15, 0.2) is 0 Å². The van der Waals surface area contributed by atoms with Crippen LogP contribution in [-0.2, 0) is 7.05 Å². The average Bonchev–Trinajstić information content (AvgIpc) is 2.88. The second kappa shape index (κ2) is 6.06. The fourth-order valence-corrected chi connectivity index (χ4v) is 3.29. The molecule has 0 amide bonds. The normalized spacial score (nSPS) is 24.9. The highest BCUT2D eigenvalue weighted by atomic mass is 16.3. The molecule has 1 heterocycles. The van der Waals surface area contributed by atoms with Gasteiger partial charge in [0.2, 0.25) is 0 Å². The molecule has 0 radical (unpaired) electrons. The number of aliphatic hydroxyl groups is 1. The summed E-state index contributed by atoms with van der Waals surface area (Å²) < 4.78 is 1.96. The summed E-state index contributed by atoms with van der Waals surface area (Å²) in [5.74, 6) is 0.423. The molecule has 0 bridgehead atoms. The Hall–Kier alpha value is -0.870. The van der Waals surface area contributed by atoms with Crippen molar-refractivity contribution < 1.29 is 5.11 Å². The summed E-state index contributed by atoms with van der Waals surface area (Å²) in [6.07, 6.45) is 4.22. The zero-order valence-electron chi connectivity index (χ0n) is 12.6. The van der Waals surface area contributed by atoms with Crippen LogP contribution in [-0.4, -0.2) is 27.5 Å². The number of nitrogens with zero attached hydrogens (tertiary/aromatic N) is 2. The molecule has 1 saturated carbocycles. The van der Waals surface area contributed by atoms with E-state index in [0.717, 1.165) is 37.9 Å². The van der Waals surface area contributed by atoms with Crippen molar-refractivity contribution in [2.75, 3.05) is 6.54 Å². The molecule has 1 aromatic rings. The van der Waals surface area contributed by atoms with Crippen molar-refractivity contribution >= 4 is 0 Å². The van der Waals surface area contributed by atoms with Crippen molar-refractivity contribution in [3.8, 4) is 0 Å². The minimum atomic E-state index is -0.110. The summed E-state index contributed by atoms with van der Waals surface area (Å²) in [6, 6.07) is 0.349. The zero-order chi connectivity index (χ0) is 14.0. The van der Waals surface area contributed by atoms with Crippen LogP contribution in [0.1, 0.15) is 55.6 Å². The fourth-order valence-electron chi connectivity index (χ4n) is 3.29. The molecule has 4 nitrogen and oxygen atoms in total. The zero-order valence-corrected chi connectivity index (χ0v) is 12.6. The number of aliphatic hydroxyl groups excluding tert-OH is 1. The van der Waals surface area contributed by atoms with Gasteiger partial charge in [0.25, 0.3) is 0 Å². The van der Waals surface area contributed by atoms with Gasteiger partial charge in [0.1, 0.15) is 0 Å². The van der Waals surface area contributed by atoms with E-state index in [-0.39, 0.29) is 6.10 Å². The van der Waals surface area contributed by atoms with Crippen LogP contribution in [0.25, 0.3) is 0 Å². The molecule has 0 spiro atoms. The van der Waals surface area contributed by atoms with Gasteiger partial charge in [0.05, 0.1) is 11.8 Å². The summed E-state index contributed by atoms with van der Waals surface area (Å²) in [7, 11) is 2.00. The van der Waals surface area contributed by atoms with Gasteiger partial charge in [-0.15, -0.1) is 0 Å². The summed E-state index contributed by atoms with van der Waals surface area (Å²) in [5, 5.41) is 18.0. The van der Waals surface area contributed by atoms with Gasteiger partial charge in [0, 0.05) is 30.9 Å². The van der Waals surface area contributed by atoms with E-state index in [1.807, 2.05) is 11.7 Å². The molecule has 4 heteroatoms. The maximum atomic E-state index is 9.90. The van der Waals surface area contributed by atoms with Crippen LogP contribution in [0.3, 0.4) is 0 Å². The van der Waals surface area contributed by atoms with Gasteiger partial charge >= 0.3 is 0 Å². The molecule has 1 aliphatic carbocycles. The molecule has 2 rings (SSSR count). The molecule has 1 aliphatic rings. The first kappa shape index (κ1) is 14.5. The Morgan fingerprint density at radius 2 is 2.16 bits per heavy atom. The van der Waals surface area contributed by atoms with Crippen LogP contribution in [0.2, 0.25) is 0 Å². The number of aryl methyl sites for hydroxylation is 2. The molecule has 2 N–H and O–H groups in total. The third-order valence-electron chi connectivity index (χ3n) is 4.57. The molecular weight excluding hydrogens is 238 g/mol. The summed E-state index contributed by atoms with van der Waals surface area (Å²) in [5.41, 5.74) is 3.69. The molecule has 0 aromatic carbocycles. The third kappa shape index (κ3) is 3.00. The minimum Gasteiger partial charge on any atom is -0.393 e. The monoisotopic (exact) mass is 265 g/mol. The van der Waals surface area contributed by atoms with Gasteiger partial charge in [-0.3, -0.25) is 4.68 Å². The van der Waals surface area contributed by atoms with Crippen LogP contribution >= 0.6 is 0 Å². The second-order valence-electron chi connectivity index (χ2n) is 5.84. The van der Waals surface area contributed by atoms with Crippen molar-refractivity contribution in [3.05, 3.63) is 17.0 Å². The lowest BCUT2D eigenvalue weighted by molar-refractivity contribution is 0.129. The summed E-state index contributed by atoms with van der Waals surface area (Å²) in [6.45, 7) is 7.32. The largest absolute Gasteiger partial charge is 0.393 e. The Labute approximate surface area is 116 Å². The van der Waals surface area contributed by atoms with E-state index in [0.29, 0.717) is 12.0 Å². The van der Waals surface area contributed by atoms with Crippen molar-refractivity contribution in [1.29, 1.82) is 0 Å². The van der Waals surface area contributed by atoms with E-state index in [1.165, 1.54) is 11.3 Å². The first-order valence-electron chi connectivity index (χ1n) is 7.46. The lowest BCUT2D eigenvalue weighted by atomic mass is 10.00. The Kier molecular flexibility index (Phi) is 4.63. The van der Waals surface area contributed by atoms with Gasteiger partial charge < -0.3 is 10.4 Å². The Morgan fingerprint density at radius 1 is 1.42 bits per heavy atom. The smallest absolute Gasteiger partial charge is 0.0644 e. The maximum Gasteiger partial charge on any atom is 0.0644 e. The molecule has 1 fully saturated rings. The van der Waals surface area contributed by atoms with Crippen molar-refractivity contribution in [1.82, 2.24) is 15.1 Å². The number of hydrogen-bond donors (Lipinski definition) is 2. The Balaban J connectivity index is 2.03. The van der Waals surface area contributed by atoms with Crippen molar-refractivity contribution in [2.24, 2.45) is 13.0 Å². The molecule has 3 unspecified atom stereocenters. The molecule has 108 valence electrons. The van der Waals surface area contributed by atoms with Crippen LogP contribution < -0.4 is 5.32 Å². The molecule has 0 saturated heterocycles. The highest BCUT2D eigenvalue weighted by Gasteiger charge is 2.26. The SMILES string of the molecule is CCC(NCC1CCCC1O)c1c(C)nn(C)c1C. The van der Waals surface area contributed by atoms with E-state index in [2.05, 4.69) is 31.2 Å². The molecule has 19 heavy (non-hydrogen) atoms. The number of aromatic nitrogens is 2. The van der Waals surface area contributed by atoms with Gasteiger partial charge in [-0.25, -0.2) is 0 Å². The first-order valence-corrected chi connectivity index (χ1v) is 7.46. The van der Waals surface area contributed by atoms with E-state index in [9.17, 15) is 5.11 Å². The highest BCUT2D eigenvalue weighted by Crippen LogP contribution is 2.27. The lowest BCUT2D eigenvalue weighted by Gasteiger charge is -2.22. The Bertz CT molecular complexity index is 427. The third-order valence-corrected chi connectivity index (χ3v) is 4.57. The van der Waals surface area contributed by atoms with Crippen LogP contribution in [0, 0.1) is 19.8 Å².